The van der Waals surface area contributed by atoms with E-state index in [2.05, 4.69) is 24.3 Å². The normalized spacial score (nSPS) is 9.17. The second-order valence-electron chi connectivity index (χ2n) is 4.76. The van der Waals surface area contributed by atoms with Gasteiger partial charge in [-0.15, -0.1) is 0 Å². The zero-order chi connectivity index (χ0) is 22.9. The van der Waals surface area contributed by atoms with Gasteiger partial charge in [0.15, 0.2) is 12.4 Å². The van der Waals surface area contributed by atoms with Gasteiger partial charge < -0.3 is 15.2 Å². The summed E-state index contributed by atoms with van der Waals surface area (Å²) in [6.45, 7) is 15.7. The van der Waals surface area contributed by atoms with E-state index >= 15 is 0 Å². The third-order valence-corrected chi connectivity index (χ3v) is 2.67. The number of rotatable bonds is 8. The second-order valence-corrected chi connectivity index (χ2v) is 4.76. The summed E-state index contributed by atoms with van der Waals surface area (Å²) in [6, 6.07) is 3.26. The molecule has 0 aliphatic carbocycles. The number of ether oxygens (including phenoxy) is 2. The molecule has 0 fully saturated rings. The molecule has 6 heteroatoms. The van der Waals surface area contributed by atoms with Crippen LogP contribution in [0.4, 0.5) is 4.79 Å². The van der Waals surface area contributed by atoms with E-state index in [1.807, 2.05) is 45.9 Å². The quantitative estimate of drug-likeness (QED) is 0.358. The van der Waals surface area contributed by atoms with Crippen molar-refractivity contribution >= 4 is 12.1 Å². The Morgan fingerprint density at radius 1 is 1.10 bits per heavy atom. The molecule has 0 aliphatic heterocycles. The van der Waals surface area contributed by atoms with Crippen LogP contribution in [-0.2, 0) is 16.2 Å². The summed E-state index contributed by atoms with van der Waals surface area (Å²) < 4.78 is 10.9. The first kappa shape index (κ1) is 30.8. The molecular weight excluding hydrogens is 368 g/mol. The van der Waals surface area contributed by atoms with Gasteiger partial charge in [-0.3, -0.25) is 0 Å². The van der Waals surface area contributed by atoms with Crippen LogP contribution in [0.25, 0.3) is 0 Å². The number of hydrogen-bond acceptors (Lipinski definition) is 4. The minimum absolute atomic E-state index is 0.0391. The van der Waals surface area contributed by atoms with Crippen LogP contribution < -0.4 is 10.3 Å². The maximum Gasteiger partial charge on any atom is 0.409 e. The zero-order valence-corrected chi connectivity index (χ0v) is 18.9. The molecular formula is C23H39N2O4+. The molecule has 2 N–H and O–H groups in total. The van der Waals surface area contributed by atoms with Gasteiger partial charge in [-0.25, -0.2) is 9.59 Å². The number of pyridine rings is 1. The number of unbranched alkanes of at least 4 members (excludes halogenated alkanes) is 1. The largest absolute Gasteiger partial charge is 0.462 e. The lowest BCUT2D eigenvalue weighted by molar-refractivity contribution is -0.727. The van der Waals surface area contributed by atoms with Gasteiger partial charge in [-0.1, -0.05) is 78.0 Å². The lowest BCUT2D eigenvalue weighted by Gasteiger charge is -2.01. The predicted octanol–water partition coefficient (Wildman–Crippen LogP) is 5.34. The molecule has 1 rings (SSSR count). The van der Waals surface area contributed by atoms with Crippen molar-refractivity contribution in [3.63, 3.8) is 0 Å². The lowest BCUT2D eigenvalue weighted by Crippen LogP contribution is -2.37. The zero-order valence-electron chi connectivity index (χ0n) is 18.9. The van der Waals surface area contributed by atoms with E-state index in [-0.39, 0.29) is 6.73 Å². The topological polar surface area (TPSA) is 82.5 Å². The van der Waals surface area contributed by atoms with Gasteiger partial charge >= 0.3 is 12.1 Å². The van der Waals surface area contributed by atoms with Gasteiger partial charge in [0.2, 0.25) is 0 Å². The highest BCUT2D eigenvalue weighted by Crippen LogP contribution is 1.97. The minimum atomic E-state index is -0.867. The fourth-order valence-electron chi connectivity index (χ4n) is 1.56. The van der Waals surface area contributed by atoms with Crippen LogP contribution in [0.15, 0.2) is 61.5 Å². The molecule has 1 heterocycles. The van der Waals surface area contributed by atoms with Gasteiger partial charge in [-0.05, 0) is 19.4 Å². The standard InChI is InChI=1S/C10H12N2O4.C9H14.2C2H6/c1-2-15-9(13)8-4-3-5-12(6-8)7-16-10(11)14;1-3-5-7-9-8-6-4-2;2*1-2/h3-6H,2,7H2,1H3,(H-,11,14);3,5,7-9H,1,4,6H2,2H3;2*1-2H3/p+1/b;7-5-,9-8-;;. The number of allylic oxidation sites excluding steroid dienone is 5. The van der Waals surface area contributed by atoms with Gasteiger partial charge in [0.05, 0.1) is 6.61 Å². The van der Waals surface area contributed by atoms with Gasteiger partial charge in [0, 0.05) is 6.07 Å². The van der Waals surface area contributed by atoms with E-state index in [1.54, 1.807) is 31.3 Å². The summed E-state index contributed by atoms with van der Waals surface area (Å²) in [5.41, 5.74) is 5.21. The van der Waals surface area contributed by atoms with E-state index in [4.69, 9.17) is 10.5 Å². The number of carbonyl (C=O) groups excluding carboxylic acids is 2. The van der Waals surface area contributed by atoms with Crippen LogP contribution in [0.1, 0.15) is 64.7 Å². The van der Waals surface area contributed by atoms with Crippen LogP contribution in [0.3, 0.4) is 0 Å². The number of hydrogen-bond donors (Lipinski definition) is 1. The molecule has 0 aromatic carbocycles. The maximum absolute atomic E-state index is 11.4. The van der Waals surface area contributed by atoms with Crippen molar-refractivity contribution in [1.82, 2.24) is 0 Å². The fraction of sp³-hybridized carbons (Fsp3) is 0.435. The van der Waals surface area contributed by atoms with Gasteiger partial charge in [0.1, 0.15) is 5.56 Å². The third-order valence-electron chi connectivity index (χ3n) is 2.67. The molecule has 0 spiro atoms. The summed E-state index contributed by atoms with van der Waals surface area (Å²) >= 11 is 0. The Labute approximate surface area is 176 Å². The molecule has 164 valence electrons. The van der Waals surface area contributed by atoms with E-state index in [9.17, 15) is 9.59 Å². The molecule has 1 aromatic rings. The Bertz CT molecular complexity index is 596. The summed E-state index contributed by atoms with van der Waals surface area (Å²) in [5.74, 6) is -0.420. The average Bonchev–Trinajstić information content (AvgIpc) is 2.76. The highest BCUT2D eigenvalue weighted by Gasteiger charge is 2.11. The Morgan fingerprint density at radius 3 is 2.28 bits per heavy atom. The monoisotopic (exact) mass is 407 g/mol. The number of amides is 1. The van der Waals surface area contributed by atoms with Crippen LogP contribution in [0, 0.1) is 0 Å². The first-order valence-electron chi connectivity index (χ1n) is 10.1. The highest BCUT2D eigenvalue weighted by atomic mass is 16.6. The number of nitrogens with two attached hydrogens (primary N) is 1. The van der Waals surface area contributed by atoms with Gasteiger partial charge in [0.25, 0.3) is 6.73 Å². The van der Waals surface area contributed by atoms with Crippen molar-refractivity contribution in [2.75, 3.05) is 6.61 Å². The molecule has 1 amide bonds. The Morgan fingerprint density at radius 2 is 1.76 bits per heavy atom. The summed E-state index contributed by atoms with van der Waals surface area (Å²) in [5, 5.41) is 0. The first-order chi connectivity index (χ1) is 14.0. The van der Waals surface area contributed by atoms with Crippen molar-refractivity contribution in [1.29, 1.82) is 0 Å². The number of esters is 1. The predicted molar refractivity (Wildman–Crippen MR) is 119 cm³/mol. The molecule has 1 aromatic heterocycles. The molecule has 0 atom stereocenters. The van der Waals surface area contributed by atoms with Crippen LogP contribution in [-0.4, -0.2) is 18.7 Å². The summed E-state index contributed by atoms with van der Waals surface area (Å²) in [7, 11) is 0. The number of primary amides is 1. The highest BCUT2D eigenvalue weighted by molar-refractivity contribution is 5.88. The molecule has 6 nitrogen and oxygen atoms in total. The Kier molecular flexibility index (Phi) is 26.7. The fourth-order valence-corrected chi connectivity index (χ4v) is 1.56. The van der Waals surface area contributed by atoms with E-state index in [0.717, 1.165) is 0 Å². The number of aromatic nitrogens is 1. The lowest BCUT2D eigenvalue weighted by atomic mass is 10.3. The molecule has 0 saturated heterocycles. The summed E-state index contributed by atoms with van der Waals surface area (Å²) in [4.78, 5) is 21.8. The van der Waals surface area contributed by atoms with Crippen LogP contribution in [0.2, 0.25) is 0 Å². The summed E-state index contributed by atoms with van der Waals surface area (Å²) in [6.07, 6.45) is 14.6. The van der Waals surface area contributed by atoms with Crippen molar-refractivity contribution < 1.29 is 23.6 Å². The van der Waals surface area contributed by atoms with Crippen molar-refractivity contribution in [3.05, 3.63) is 67.0 Å². The first-order valence-corrected chi connectivity index (χ1v) is 10.1. The average molecular weight is 408 g/mol. The maximum atomic E-state index is 11.4. The smallest absolute Gasteiger partial charge is 0.409 e. The van der Waals surface area contributed by atoms with E-state index in [1.165, 1.54) is 23.6 Å². The third kappa shape index (κ3) is 21.3. The Balaban J connectivity index is -0.000000443. The minimum Gasteiger partial charge on any atom is -0.462 e. The second kappa shape index (κ2) is 25.1. The van der Waals surface area contributed by atoms with Crippen molar-refractivity contribution in [2.45, 2.75) is 61.1 Å². The van der Waals surface area contributed by atoms with Crippen molar-refractivity contribution in [3.8, 4) is 0 Å². The SMILES string of the molecule is C=C/C=C\C=C/CCC.CC.CC.CCOC(=O)c1ccc[n+](COC(N)=O)c1. The van der Waals surface area contributed by atoms with E-state index in [0.29, 0.717) is 12.2 Å². The molecule has 0 bridgehead atoms. The van der Waals surface area contributed by atoms with Crippen LogP contribution in [0.5, 0.6) is 0 Å². The molecule has 0 unspecified atom stereocenters. The van der Waals surface area contributed by atoms with E-state index < -0.39 is 12.1 Å². The van der Waals surface area contributed by atoms with Crippen LogP contribution >= 0.6 is 0 Å². The molecule has 0 aliphatic rings. The number of carbonyl (C=O) groups is 2. The molecule has 0 saturated carbocycles. The van der Waals surface area contributed by atoms with Gasteiger partial charge in [-0.2, -0.15) is 4.57 Å². The molecule has 29 heavy (non-hydrogen) atoms. The molecule has 0 radical (unpaired) electrons. The van der Waals surface area contributed by atoms with Crippen molar-refractivity contribution in [2.24, 2.45) is 5.73 Å². The Hall–Kier alpha value is -2.89. The number of nitrogens with zero attached hydrogens (tertiary/aromatic N) is 1.